The van der Waals surface area contributed by atoms with Gasteiger partial charge in [-0.1, -0.05) is 24.6 Å². The number of fused-ring (bicyclic) bond motifs is 3. The summed E-state index contributed by atoms with van der Waals surface area (Å²) >= 11 is 1.67. The second-order valence-electron chi connectivity index (χ2n) is 7.74. The van der Waals surface area contributed by atoms with E-state index in [0.29, 0.717) is 23.7 Å². The Bertz CT molecular complexity index is 1350. The van der Waals surface area contributed by atoms with Crippen molar-refractivity contribution in [1.82, 2.24) is 9.97 Å². The Morgan fingerprint density at radius 2 is 1.87 bits per heavy atom. The molecule has 4 aromatic rings. The molecule has 154 valence electrons. The molecule has 1 aliphatic rings. The number of nitrogens with zero attached hydrogens (tertiary/aromatic N) is 2. The van der Waals surface area contributed by atoms with Gasteiger partial charge in [0.1, 0.15) is 23.0 Å². The van der Waals surface area contributed by atoms with Crippen LogP contribution in [-0.4, -0.2) is 9.97 Å². The summed E-state index contributed by atoms with van der Waals surface area (Å²) in [6, 6.07) is 17.1. The Balaban J connectivity index is 1.39. The summed E-state index contributed by atoms with van der Waals surface area (Å²) in [6.07, 6.45) is 5.57. The zero-order valence-corrected chi connectivity index (χ0v) is 17.8. The number of rotatable bonds is 4. The molecule has 2 aromatic heterocycles. The number of aryl methyl sites for hydroxylation is 2. The lowest BCUT2D eigenvalue weighted by Crippen LogP contribution is -2.10. The number of aromatic nitrogens is 2. The smallest absolute Gasteiger partial charge is 0.260 e. The van der Waals surface area contributed by atoms with Crippen LogP contribution in [0.4, 0.5) is 0 Å². The minimum atomic E-state index is -0.0483. The van der Waals surface area contributed by atoms with E-state index in [1.165, 1.54) is 23.3 Å². The minimum absolute atomic E-state index is 0.0483. The molecule has 0 atom stereocenters. The molecular weight excluding hydrogens is 406 g/mol. The SMILES string of the molecule is N#Cc1ccccc1COc1ccc(-c2nc3sc4c(c3c(=O)[nH]2)CCCCC4)cc1. The first-order chi connectivity index (χ1) is 15.2. The summed E-state index contributed by atoms with van der Waals surface area (Å²) < 4.78 is 5.84. The third-order valence-electron chi connectivity index (χ3n) is 5.73. The number of hydrogen-bond acceptors (Lipinski definition) is 5. The summed E-state index contributed by atoms with van der Waals surface area (Å²) in [7, 11) is 0. The molecule has 0 aliphatic heterocycles. The van der Waals surface area contributed by atoms with Gasteiger partial charge >= 0.3 is 0 Å². The van der Waals surface area contributed by atoms with E-state index >= 15 is 0 Å². The van der Waals surface area contributed by atoms with Crippen molar-refractivity contribution in [3.63, 3.8) is 0 Å². The molecule has 0 saturated carbocycles. The summed E-state index contributed by atoms with van der Waals surface area (Å²) in [5.74, 6) is 1.28. The standard InChI is InChI=1S/C25H21N3O2S/c26-14-17-6-4-5-7-18(17)15-30-19-12-10-16(11-13-19)23-27-24(29)22-20-8-2-1-3-9-21(20)31-25(22)28-23/h4-7,10-13H,1-3,8-9,15H2,(H,27,28,29). The average Bonchev–Trinajstić information content (AvgIpc) is 3.00. The third-order valence-corrected chi connectivity index (χ3v) is 6.92. The lowest BCUT2D eigenvalue weighted by Gasteiger charge is -2.08. The Morgan fingerprint density at radius 1 is 1.06 bits per heavy atom. The van der Waals surface area contributed by atoms with Crippen LogP contribution < -0.4 is 10.3 Å². The van der Waals surface area contributed by atoms with Crippen molar-refractivity contribution < 1.29 is 4.74 Å². The van der Waals surface area contributed by atoms with Crippen LogP contribution in [0.5, 0.6) is 5.75 Å². The van der Waals surface area contributed by atoms with Crippen LogP contribution in [0.3, 0.4) is 0 Å². The summed E-state index contributed by atoms with van der Waals surface area (Å²) in [5, 5.41) is 9.98. The fourth-order valence-electron chi connectivity index (χ4n) is 4.10. The molecule has 0 saturated heterocycles. The van der Waals surface area contributed by atoms with Gasteiger partial charge < -0.3 is 9.72 Å². The topological polar surface area (TPSA) is 78.8 Å². The van der Waals surface area contributed by atoms with Crippen molar-refractivity contribution in [2.75, 3.05) is 0 Å². The van der Waals surface area contributed by atoms with E-state index in [-0.39, 0.29) is 5.56 Å². The van der Waals surface area contributed by atoms with Gasteiger partial charge in [-0.3, -0.25) is 4.79 Å². The molecule has 2 aromatic carbocycles. The maximum Gasteiger partial charge on any atom is 0.260 e. The van der Waals surface area contributed by atoms with Gasteiger partial charge in [-0.15, -0.1) is 11.3 Å². The predicted molar refractivity (Wildman–Crippen MR) is 122 cm³/mol. The van der Waals surface area contributed by atoms with Gasteiger partial charge in [0, 0.05) is 16.0 Å². The number of ether oxygens (including phenoxy) is 1. The van der Waals surface area contributed by atoms with Crippen molar-refractivity contribution in [2.24, 2.45) is 0 Å². The van der Waals surface area contributed by atoms with Gasteiger partial charge in [0.05, 0.1) is 17.0 Å². The molecular formula is C25H21N3O2S. The highest BCUT2D eigenvalue weighted by Crippen LogP contribution is 2.33. The second-order valence-corrected chi connectivity index (χ2v) is 8.82. The fourth-order valence-corrected chi connectivity index (χ4v) is 5.36. The van der Waals surface area contributed by atoms with Gasteiger partial charge in [0.2, 0.25) is 0 Å². The Morgan fingerprint density at radius 3 is 2.71 bits per heavy atom. The highest BCUT2D eigenvalue weighted by atomic mass is 32.1. The number of nitrogens with one attached hydrogen (secondary N) is 1. The first kappa shape index (κ1) is 19.5. The lowest BCUT2D eigenvalue weighted by molar-refractivity contribution is 0.306. The number of hydrogen-bond donors (Lipinski definition) is 1. The largest absolute Gasteiger partial charge is 0.489 e. The van der Waals surface area contributed by atoms with Crippen LogP contribution in [-0.2, 0) is 19.4 Å². The Labute approximate surface area is 184 Å². The van der Waals surface area contributed by atoms with Crippen LogP contribution in [0.25, 0.3) is 21.6 Å². The van der Waals surface area contributed by atoms with Crippen LogP contribution in [0.2, 0.25) is 0 Å². The first-order valence-electron chi connectivity index (χ1n) is 10.5. The van der Waals surface area contributed by atoms with Gasteiger partial charge in [-0.05, 0) is 61.6 Å². The van der Waals surface area contributed by atoms with E-state index in [9.17, 15) is 10.1 Å². The quantitative estimate of drug-likeness (QED) is 0.444. The van der Waals surface area contributed by atoms with Crippen LogP contribution >= 0.6 is 11.3 Å². The number of thiophene rings is 1. The zero-order chi connectivity index (χ0) is 21.2. The molecule has 1 N–H and O–H groups in total. The Kier molecular flexibility index (Phi) is 5.27. The number of H-pyrrole nitrogens is 1. The van der Waals surface area contributed by atoms with Crippen LogP contribution in [0.15, 0.2) is 53.3 Å². The first-order valence-corrected chi connectivity index (χ1v) is 11.3. The van der Waals surface area contributed by atoms with E-state index in [1.54, 1.807) is 17.4 Å². The van der Waals surface area contributed by atoms with Gasteiger partial charge in [0.25, 0.3) is 5.56 Å². The van der Waals surface area contributed by atoms with Gasteiger partial charge in [-0.2, -0.15) is 5.26 Å². The maximum atomic E-state index is 12.9. The van der Waals surface area contributed by atoms with Gasteiger partial charge in [-0.25, -0.2) is 4.98 Å². The molecule has 5 nitrogen and oxygen atoms in total. The van der Waals surface area contributed by atoms with Crippen molar-refractivity contribution >= 4 is 21.6 Å². The monoisotopic (exact) mass is 427 g/mol. The van der Waals surface area contributed by atoms with E-state index < -0.39 is 0 Å². The number of aromatic amines is 1. The van der Waals surface area contributed by atoms with Crippen molar-refractivity contribution in [2.45, 2.75) is 38.7 Å². The average molecular weight is 428 g/mol. The van der Waals surface area contributed by atoms with Crippen LogP contribution in [0.1, 0.15) is 40.8 Å². The van der Waals surface area contributed by atoms with Crippen LogP contribution in [0, 0.1) is 11.3 Å². The number of nitriles is 1. The van der Waals surface area contributed by atoms with E-state index in [2.05, 4.69) is 11.1 Å². The highest BCUT2D eigenvalue weighted by Gasteiger charge is 2.19. The summed E-state index contributed by atoms with van der Waals surface area (Å²) in [6.45, 7) is 0.324. The molecule has 31 heavy (non-hydrogen) atoms. The molecule has 0 fully saturated rings. The molecule has 0 amide bonds. The number of benzene rings is 2. The molecule has 6 heteroatoms. The maximum absolute atomic E-state index is 12.9. The second kappa shape index (κ2) is 8.37. The summed E-state index contributed by atoms with van der Waals surface area (Å²) in [5.41, 5.74) is 3.46. The molecule has 5 rings (SSSR count). The van der Waals surface area contributed by atoms with Gasteiger partial charge in [0.15, 0.2) is 0 Å². The zero-order valence-electron chi connectivity index (χ0n) is 17.0. The van der Waals surface area contributed by atoms with Crippen molar-refractivity contribution in [1.29, 1.82) is 5.26 Å². The third kappa shape index (κ3) is 3.85. The summed E-state index contributed by atoms with van der Waals surface area (Å²) in [4.78, 5) is 22.8. The highest BCUT2D eigenvalue weighted by molar-refractivity contribution is 7.18. The van der Waals surface area contributed by atoms with E-state index in [1.807, 2.05) is 42.5 Å². The molecule has 0 bridgehead atoms. The molecule has 1 aliphatic carbocycles. The van der Waals surface area contributed by atoms with E-state index in [4.69, 9.17) is 9.72 Å². The molecule has 0 unspecified atom stereocenters. The normalized spacial score (nSPS) is 13.4. The van der Waals surface area contributed by atoms with Crippen molar-refractivity contribution in [3.8, 4) is 23.2 Å². The minimum Gasteiger partial charge on any atom is -0.489 e. The Hall–Kier alpha value is -3.43. The lowest BCUT2D eigenvalue weighted by atomic mass is 10.1. The molecule has 0 spiro atoms. The molecule has 0 radical (unpaired) electrons. The fraction of sp³-hybridized carbons (Fsp3) is 0.240. The van der Waals surface area contributed by atoms with E-state index in [0.717, 1.165) is 40.6 Å². The predicted octanol–water partition coefficient (Wildman–Crippen LogP) is 5.37. The molecule has 2 heterocycles. The van der Waals surface area contributed by atoms with Crippen molar-refractivity contribution in [3.05, 3.63) is 80.5 Å².